The van der Waals surface area contributed by atoms with Gasteiger partial charge in [-0.3, -0.25) is 0 Å². The van der Waals surface area contributed by atoms with Crippen molar-refractivity contribution in [1.82, 2.24) is 5.32 Å². The predicted molar refractivity (Wildman–Crippen MR) is 77.9 cm³/mol. The summed E-state index contributed by atoms with van der Waals surface area (Å²) in [5, 5.41) is 4.62. The first kappa shape index (κ1) is 14.6. The standard InChI is InChI=1S/C14H19Cl2N/c1-10(2)17-9-5-6-11(3)12-7-4-8-13(15)14(12)16/h4,6-8,10,17H,5,9H2,1-3H3. The van der Waals surface area contributed by atoms with Crippen LogP contribution in [-0.4, -0.2) is 12.6 Å². The van der Waals surface area contributed by atoms with E-state index in [4.69, 9.17) is 23.2 Å². The van der Waals surface area contributed by atoms with Crippen molar-refractivity contribution in [1.29, 1.82) is 0 Å². The van der Waals surface area contributed by atoms with Crippen LogP contribution in [0.25, 0.3) is 5.57 Å². The quantitative estimate of drug-likeness (QED) is 0.760. The summed E-state index contributed by atoms with van der Waals surface area (Å²) in [6.07, 6.45) is 3.18. The van der Waals surface area contributed by atoms with Gasteiger partial charge in [-0.25, -0.2) is 0 Å². The molecule has 0 aromatic heterocycles. The summed E-state index contributed by atoms with van der Waals surface area (Å²) < 4.78 is 0. The van der Waals surface area contributed by atoms with Gasteiger partial charge in [0, 0.05) is 6.04 Å². The van der Waals surface area contributed by atoms with Gasteiger partial charge in [-0.05, 0) is 37.1 Å². The molecule has 1 aromatic carbocycles. The third kappa shape index (κ3) is 4.71. The molecular formula is C14H19Cl2N. The SMILES string of the molecule is CC(=CCCNC(C)C)c1cccc(Cl)c1Cl. The van der Waals surface area contributed by atoms with E-state index in [0.29, 0.717) is 16.1 Å². The Bertz CT molecular complexity index is 397. The van der Waals surface area contributed by atoms with Crippen molar-refractivity contribution in [3.63, 3.8) is 0 Å². The summed E-state index contributed by atoms with van der Waals surface area (Å²) >= 11 is 12.2. The average molecular weight is 272 g/mol. The molecule has 0 heterocycles. The van der Waals surface area contributed by atoms with Crippen LogP contribution in [0.5, 0.6) is 0 Å². The van der Waals surface area contributed by atoms with E-state index in [1.807, 2.05) is 12.1 Å². The minimum absolute atomic E-state index is 0.526. The smallest absolute Gasteiger partial charge is 0.0667 e. The molecule has 0 aliphatic carbocycles. The van der Waals surface area contributed by atoms with Crippen LogP contribution >= 0.6 is 23.2 Å². The fourth-order valence-electron chi connectivity index (χ4n) is 1.58. The lowest BCUT2D eigenvalue weighted by atomic mass is 10.1. The zero-order valence-electron chi connectivity index (χ0n) is 10.6. The fourth-order valence-corrected chi connectivity index (χ4v) is 2.03. The molecule has 94 valence electrons. The molecule has 0 spiro atoms. The van der Waals surface area contributed by atoms with Gasteiger partial charge in [-0.1, -0.05) is 55.3 Å². The van der Waals surface area contributed by atoms with E-state index >= 15 is 0 Å². The van der Waals surface area contributed by atoms with Crippen LogP contribution in [0.15, 0.2) is 24.3 Å². The van der Waals surface area contributed by atoms with Crippen molar-refractivity contribution in [2.24, 2.45) is 0 Å². The second-order valence-corrected chi connectivity index (χ2v) is 5.17. The van der Waals surface area contributed by atoms with Gasteiger partial charge in [0.1, 0.15) is 0 Å². The van der Waals surface area contributed by atoms with Gasteiger partial charge in [0.2, 0.25) is 0 Å². The number of benzene rings is 1. The lowest BCUT2D eigenvalue weighted by molar-refractivity contribution is 0.595. The summed E-state index contributed by atoms with van der Waals surface area (Å²) in [6, 6.07) is 6.25. The topological polar surface area (TPSA) is 12.0 Å². The van der Waals surface area contributed by atoms with Crippen LogP contribution in [0.4, 0.5) is 0 Å². The second-order valence-electron chi connectivity index (χ2n) is 4.39. The Kier molecular flexibility index (Phi) is 6.04. The molecule has 1 nitrogen and oxygen atoms in total. The highest BCUT2D eigenvalue weighted by atomic mass is 35.5. The third-order valence-corrected chi connectivity index (χ3v) is 3.34. The van der Waals surface area contributed by atoms with E-state index in [1.165, 1.54) is 5.57 Å². The molecule has 0 unspecified atom stereocenters. The van der Waals surface area contributed by atoms with E-state index in [-0.39, 0.29) is 0 Å². The molecule has 0 aliphatic rings. The molecule has 1 N–H and O–H groups in total. The Balaban J connectivity index is 2.65. The van der Waals surface area contributed by atoms with E-state index in [9.17, 15) is 0 Å². The van der Waals surface area contributed by atoms with Crippen molar-refractivity contribution < 1.29 is 0 Å². The summed E-state index contributed by atoms with van der Waals surface area (Å²) in [5.74, 6) is 0. The maximum Gasteiger partial charge on any atom is 0.0667 e. The van der Waals surface area contributed by atoms with E-state index < -0.39 is 0 Å². The number of allylic oxidation sites excluding steroid dienone is 1. The summed E-state index contributed by atoms with van der Waals surface area (Å²) in [5.41, 5.74) is 2.19. The van der Waals surface area contributed by atoms with Crippen LogP contribution in [0.1, 0.15) is 32.8 Å². The summed E-state index contributed by atoms with van der Waals surface area (Å²) in [7, 11) is 0. The second kappa shape index (κ2) is 7.05. The lowest BCUT2D eigenvalue weighted by Gasteiger charge is -2.08. The van der Waals surface area contributed by atoms with Gasteiger partial charge < -0.3 is 5.32 Å². The molecule has 0 aliphatic heterocycles. The predicted octanol–water partition coefficient (Wildman–Crippen LogP) is 4.78. The van der Waals surface area contributed by atoms with Gasteiger partial charge in [0.05, 0.1) is 10.0 Å². The molecule has 0 atom stereocenters. The Morgan fingerprint density at radius 3 is 2.71 bits per heavy atom. The Morgan fingerprint density at radius 1 is 1.35 bits per heavy atom. The number of hydrogen-bond donors (Lipinski definition) is 1. The molecule has 0 amide bonds. The van der Waals surface area contributed by atoms with Crippen LogP contribution in [0.2, 0.25) is 10.0 Å². The van der Waals surface area contributed by atoms with Gasteiger partial charge in [0.15, 0.2) is 0 Å². The minimum atomic E-state index is 0.526. The zero-order chi connectivity index (χ0) is 12.8. The monoisotopic (exact) mass is 271 g/mol. The van der Waals surface area contributed by atoms with Crippen LogP contribution < -0.4 is 5.32 Å². The molecule has 1 aromatic rings. The van der Waals surface area contributed by atoms with Crippen molar-refractivity contribution in [3.05, 3.63) is 39.9 Å². The highest BCUT2D eigenvalue weighted by Gasteiger charge is 2.05. The van der Waals surface area contributed by atoms with Crippen molar-refractivity contribution in [2.75, 3.05) is 6.54 Å². The highest BCUT2D eigenvalue weighted by Crippen LogP contribution is 2.30. The van der Waals surface area contributed by atoms with Crippen molar-refractivity contribution in [3.8, 4) is 0 Å². The molecule has 17 heavy (non-hydrogen) atoms. The molecule has 0 fully saturated rings. The molecule has 1 rings (SSSR count). The first-order valence-electron chi connectivity index (χ1n) is 5.87. The van der Waals surface area contributed by atoms with E-state index in [2.05, 4.69) is 32.2 Å². The number of rotatable bonds is 5. The Morgan fingerprint density at radius 2 is 2.06 bits per heavy atom. The maximum absolute atomic E-state index is 6.16. The van der Waals surface area contributed by atoms with Crippen LogP contribution in [-0.2, 0) is 0 Å². The van der Waals surface area contributed by atoms with Crippen LogP contribution in [0.3, 0.4) is 0 Å². The van der Waals surface area contributed by atoms with E-state index in [0.717, 1.165) is 18.5 Å². The van der Waals surface area contributed by atoms with Gasteiger partial charge in [0.25, 0.3) is 0 Å². The molecule has 0 saturated heterocycles. The number of nitrogens with one attached hydrogen (secondary N) is 1. The largest absolute Gasteiger partial charge is 0.314 e. The molecule has 3 heteroatoms. The van der Waals surface area contributed by atoms with Gasteiger partial charge >= 0.3 is 0 Å². The molecule has 0 saturated carbocycles. The highest BCUT2D eigenvalue weighted by molar-refractivity contribution is 6.43. The Labute approximate surface area is 114 Å². The van der Waals surface area contributed by atoms with Crippen molar-refractivity contribution in [2.45, 2.75) is 33.2 Å². The lowest BCUT2D eigenvalue weighted by Crippen LogP contribution is -2.23. The number of hydrogen-bond acceptors (Lipinski definition) is 1. The van der Waals surface area contributed by atoms with E-state index in [1.54, 1.807) is 6.07 Å². The molecule has 0 bridgehead atoms. The summed E-state index contributed by atoms with van der Waals surface area (Å²) in [6.45, 7) is 7.33. The minimum Gasteiger partial charge on any atom is -0.314 e. The first-order valence-corrected chi connectivity index (χ1v) is 6.62. The van der Waals surface area contributed by atoms with Gasteiger partial charge in [-0.15, -0.1) is 0 Å². The first-order chi connectivity index (χ1) is 8.02. The number of halogens is 2. The zero-order valence-corrected chi connectivity index (χ0v) is 12.1. The fraction of sp³-hybridized carbons (Fsp3) is 0.429. The van der Waals surface area contributed by atoms with Gasteiger partial charge in [-0.2, -0.15) is 0 Å². The summed E-state index contributed by atoms with van der Waals surface area (Å²) in [4.78, 5) is 0. The maximum atomic E-state index is 6.16. The van der Waals surface area contributed by atoms with Crippen molar-refractivity contribution >= 4 is 28.8 Å². The normalized spacial score (nSPS) is 12.2. The molecular weight excluding hydrogens is 253 g/mol. The third-order valence-electron chi connectivity index (χ3n) is 2.52. The molecule has 0 radical (unpaired) electrons. The average Bonchev–Trinajstić information content (AvgIpc) is 2.27. The Hall–Kier alpha value is -0.500. The van der Waals surface area contributed by atoms with Crippen LogP contribution in [0, 0.1) is 0 Å².